The number of anilines is 1. The molecule has 2 aromatic rings. The Morgan fingerprint density at radius 1 is 1.36 bits per heavy atom. The Morgan fingerprint density at radius 3 is 3.09 bits per heavy atom. The van der Waals surface area contributed by atoms with Crippen LogP contribution in [0.3, 0.4) is 0 Å². The van der Waals surface area contributed by atoms with Gasteiger partial charge in [-0.25, -0.2) is 15.0 Å². The molecule has 1 amide bonds. The van der Waals surface area contributed by atoms with Gasteiger partial charge in [-0.1, -0.05) is 24.6 Å². The van der Waals surface area contributed by atoms with Gasteiger partial charge < -0.3 is 10.2 Å². The number of aromatic nitrogens is 3. The molecule has 1 N–H and O–H groups in total. The van der Waals surface area contributed by atoms with E-state index in [1.165, 1.54) is 12.8 Å². The van der Waals surface area contributed by atoms with Crippen molar-refractivity contribution in [2.45, 2.75) is 42.1 Å². The number of carbonyl (C=O) groups excluding carboxylic acids is 1. The maximum absolute atomic E-state index is 12.1. The Morgan fingerprint density at radius 2 is 2.23 bits per heavy atom. The largest absolute Gasteiger partial charge is 0.350 e. The number of nitrogens with one attached hydrogen (secondary N) is 1. The topological polar surface area (TPSA) is 71.0 Å². The van der Waals surface area contributed by atoms with E-state index >= 15 is 0 Å². The fraction of sp³-hybridized carbons (Fsp3) is 0.571. The Kier molecular flexibility index (Phi) is 3.65. The van der Waals surface area contributed by atoms with Gasteiger partial charge in [0.25, 0.3) is 0 Å². The molecule has 116 valence electrons. The number of piperazine rings is 1. The highest BCUT2D eigenvalue weighted by Crippen LogP contribution is 2.36. The first-order chi connectivity index (χ1) is 10.8. The predicted molar refractivity (Wildman–Crippen MR) is 88.5 cm³/mol. The molecule has 6 nitrogen and oxygen atoms in total. The maximum Gasteiger partial charge on any atom is 0.239 e. The maximum atomic E-state index is 12.1. The standard InChI is InChI=1S/C14H17N5OS2/c1-21-14-18-12-11(22-14)13(16-7-15-12)19-6-10(20)17-8-4-2-3-5-9(8)19/h7-9H,2-6H2,1H3,(H,17,20). The lowest BCUT2D eigenvalue weighted by Crippen LogP contribution is -2.62. The lowest BCUT2D eigenvalue weighted by molar-refractivity contribution is -0.122. The zero-order valence-electron chi connectivity index (χ0n) is 12.3. The molecule has 1 aliphatic carbocycles. The quantitative estimate of drug-likeness (QED) is 0.847. The highest BCUT2D eigenvalue weighted by atomic mass is 32.2. The van der Waals surface area contributed by atoms with E-state index in [-0.39, 0.29) is 11.9 Å². The van der Waals surface area contributed by atoms with Crippen molar-refractivity contribution < 1.29 is 4.79 Å². The van der Waals surface area contributed by atoms with E-state index in [0.717, 1.165) is 33.3 Å². The molecule has 8 heteroatoms. The summed E-state index contributed by atoms with van der Waals surface area (Å²) < 4.78 is 1.98. The van der Waals surface area contributed by atoms with Gasteiger partial charge in [-0.3, -0.25) is 4.79 Å². The van der Waals surface area contributed by atoms with Crippen LogP contribution in [0.15, 0.2) is 10.7 Å². The molecule has 2 atom stereocenters. The van der Waals surface area contributed by atoms with Crippen LogP contribution in [-0.4, -0.2) is 45.7 Å². The molecule has 1 saturated carbocycles. The predicted octanol–water partition coefficient (Wildman–Crippen LogP) is 2.06. The molecule has 4 rings (SSSR count). The molecule has 2 aliphatic rings. The van der Waals surface area contributed by atoms with Crippen molar-refractivity contribution in [3.05, 3.63) is 6.33 Å². The molecule has 1 aliphatic heterocycles. The van der Waals surface area contributed by atoms with Crippen LogP contribution in [0.2, 0.25) is 0 Å². The van der Waals surface area contributed by atoms with Crippen molar-refractivity contribution in [3.63, 3.8) is 0 Å². The molecule has 0 radical (unpaired) electrons. The van der Waals surface area contributed by atoms with E-state index in [4.69, 9.17) is 0 Å². The second-order valence-corrected chi connectivity index (χ2v) is 7.74. The molecule has 0 aromatic carbocycles. The Balaban J connectivity index is 1.78. The number of hydrogen-bond acceptors (Lipinski definition) is 7. The van der Waals surface area contributed by atoms with Crippen LogP contribution in [-0.2, 0) is 4.79 Å². The van der Waals surface area contributed by atoms with Crippen molar-refractivity contribution in [3.8, 4) is 0 Å². The summed E-state index contributed by atoms with van der Waals surface area (Å²) in [6, 6.07) is 0.581. The third-order valence-corrected chi connectivity index (χ3v) is 6.42. The lowest BCUT2D eigenvalue weighted by atomic mass is 9.87. The van der Waals surface area contributed by atoms with Crippen molar-refractivity contribution in [2.75, 3.05) is 17.7 Å². The Labute approximate surface area is 136 Å². The number of thiazole rings is 1. The highest BCUT2D eigenvalue weighted by molar-refractivity contribution is 8.00. The van der Waals surface area contributed by atoms with Gasteiger partial charge in [0.15, 0.2) is 15.8 Å². The molecule has 22 heavy (non-hydrogen) atoms. The van der Waals surface area contributed by atoms with Gasteiger partial charge >= 0.3 is 0 Å². The summed E-state index contributed by atoms with van der Waals surface area (Å²) in [5.74, 6) is 0.957. The minimum atomic E-state index is 0.0875. The van der Waals surface area contributed by atoms with E-state index < -0.39 is 0 Å². The van der Waals surface area contributed by atoms with Gasteiger partial charge in [-0.15, -0.1) is 11.3 Å². The number of rotatable bonds is 2. The van der Waals surface area contributed by atoms with Crippen LogP contribution in [0, 0.1) is 0 Å². The summed E-state index contributed by atoms with van der Waals surface area (Å²) in [6.45, 7) is 0.375. The third kappa shape index (κ3) is 2.34. The summed E-state index contributed by atoms with van der Waals surface area (Å²) in [5.41, 5.74) is 0.734. The van der Waals surface area contributed by atoms with Gasteiger partial charge in [0.05, 0.1) is 12.6 Å². The first-order valence-electron chi connectivity index (χ1n) is 7.48. The van der Waals surface area contributed by atoms with Crippen molar-refractivity contribution in [2.24, 2.45) is 0 Å². The van der Waals surface area contributed by atoms with E-state index in [1.54, 1.807) is 29.4 Å². The average molecular weight is 335 g/mol. The molecular formula is C14H17N5OS2. The monoisotopic (exact) mass is 335 g/mol. The second-order valence-electron chi connectivity index (χ2n) is 5.69. The smallest absolute Gasteiger partial charge is 0.239 e. The van der Waals surface area contributed by atoms with E-state index in [2.05, 4.69) is 25.2 Å². The van der Waals surface area contributed by atoms with Crippen LogP contribution in [0.1, 0.15) is 25.7 Å². The lowest BCUT2D eigenvalue weighted by Gasteiger charge is -2.44. The Bertz CT molecular complexity index is 718. The van der Waals surface area contributed by atoms with Crippen LogP contribution >= 0.6 is 23.1 Å². The molecule has 0 bridgehead atoms. The summed E-state index contributed by atoms with van der Waals surface area (Å²) in [5, 5.41) is 3.14. The number of amides is 1. The van der Waals surface area contributed by atoms with Crippen molar-refractivity contribution in [1.82, 2.24) is 20.3 Å². The van der Waals surface area contributed by atoms with E-state index in [9.17, 15) is 4.79 Å². The molecule has 0 spiro atoms. The molecule has 2 unspecified atom stereocenters. The van der Waals surface area contributed by atoms with Gasteiger partial charge in [0, 0.05) is 6.04 Å². The first kappa shape index (κ1) is 14.2. The van der Waals surface area contributed by atoms with Gasteiger partial charge in [-0.2, -0.15) is 0 Å². The normalized spacial score (nSPS) is 25.1. The van der Waals surface area contributed by atoms with Crippen LogP contribution in [0.4, 0.5) is 5.82 Å². The van der Waals surface area contributed by atoms with E-state index in [1.807, 2.05) is 6.26 Å². The number of nitrogens with zero attached hydrogens (tertiary/aromatic N) is 4. The third-order valence-electron chi connectivity index (χ3n) is 4.39. The molecule has 2 fully saturated rings. The average Bonchev–Trinajstić information content (AvgIpc) is 2.97. The summed E-state index contributed by atoms with van der Waals surface area (Å²) in [7, 11) is 0. The number of hydrogen-bond donors (Lipinski definition) is 1. The minimum Gasteiger partial charge on any atom is -0.350 e. The fourth-order valence-corrected chi connectivity index (χ4v) is 4.94. The van der Waals surface area contributed by atoms with Gasteiger partial charge in [0.2, 0.25) is 5.91 Å². The zero-order valence-corrected chi connectivity index (χ0v) is 13.9. The van der Waals surface area contributed by atoms with Crippen LogP contribution < -0.4 is 10.2 Å². The fourth-order valence-electron chi connectivity index (χ4n) is 3.42. The highest BCUT2D eigenvalue weighted by Gasteiger charge is 2.38. The molecule has 3 heterocycles. The number of carbonyl (C=O) groups is 1. The van der Waals surface area contributed by atoms with Gasteiger partial charge in [-0.05, 0) is 19.1 Å². The van der Waals surface area contributed by atoms with E-state index in [0.29, 0.717) is 12.6 Å². The number of fused-ring (bicyclic) bond motifs is 2. The summed E-state index contributed by atoms with van der Waals surface area (Å²) in [6.07, 6.45) is 8.12. The summed E-state index contributed by atoms with van der Waals surface area (Å²) >= 11 is 3.23. The molecule has 1 saturated heterocycles. The zero-order chi connectivity index (χ0) is 15.1. The van der Waals surface area contributed by atoms with Crippen LogP contribution in [0.25, 0.3) is 10.3 Å². The molecular weight excluding hydrogens is 318 g/mol. The SMILES string of the molecule is CSc1nc2ncnc(N3CC(=O)NC4CCCCC43)c2s1. The van der Waals surface area contributed by atoms with Crippen molar-refractivity contribution >= 4 is 45.2 Å². The summed E-state index contributed by atoms with van der Waals surface area (Å²) in [4.78, 5) is 27.6. The van der Waals surface area contributed by atoms with Crippen molar-refractivity contribution in [1.29, 1.82) is 0 Å². The minimum absolute atomic E-state index is 0.0875. The first-order valence-corrected chi connectivity index (χ1v) is 9.52. The van der Waals surface area contributed by atoms with Crippen LogP contribution in [0.5, 0.6) is 0 Å². The second kappa shape index (κ2) is 5.66. The van der Waals surface area contributed by atoms with Gasteiger partial charge in [0.1, 0.15) is 11.0 Å². The molecule has 2 aromatic heterocycles. The Hall–Kier alpha value is -1.41. The number of thioether (sulfide) groups is 1.